The fourth-order valence-corrected chi connectivity index (χ4v) is 2.81. The van der Waals surface area contributed by atoms with E-state index in [9.17, 15) is 0 Å². The molecule has 0 saturated heterocycles. The second-order valence-electron chi connectivity index (χ2n) is 5.35. The molecule has 0 aliphatic heterocycles. The molecule has 1 nitrogen and oxygen atoms in total. The third kappa shape index (κ3) is 4.00. The highest BCUT2D eigenvalue weighted by atomic mass is 14.6. The number of rotatable bonds is 7. The first-order chi connectivity index (χ1) is 6.49. The van der Waals surface area contributed by atoms with Crippen LogP contribution in [-0.2, 0) is 0 Å². The molecule has 0 aromatic carbocycles. The molecule has 0 aliphatic carbocycles. The Morgan fingerprint density at radius 1 is 1.14 bits per heavy atom. The maximum absolute atomic E-state index is 5.92. The third-order valence-corrected chi connectivity index (χ3v) is 3.58. The Morgan fingerprint density at radius 3 is 2.07 bits per heavy atom. The van der Waals surface area contributed by atoms with Gasteiger partial charge in [-0.05, 0) is 30.2 Å². The van der Waals surface area contributed by atoms with Crippen LogP contribution < -0.4 is 5.73 Å². The first-order valence-corrected chi connectivity index (χ1v) is 6.19. The molecule has 2 N–H and O–H groups in total. The summed E-state index contributed by atoms with van der Waals surface area (Å²) in [6.45, 7) is 12.5. The monoisotopic (exact) mass is 199 g/mol. The zero-order valence-electron chi connectivity index (χ0n) is 10.8. The molecule has 0 fully saturated rings. The van der Waals surface area contributed by atoms with Crippen LogP contribution in [0, 0.1) is 17.3 Å². The fraction of sp³-hybridized carbons (Fsp3) is 1.00. The lowest BCUT2D eigenvalue weighted by Gasteiger charge is -2.37. The maximum Gasteiger partial charge on any atom is -0.00412 e. The predicted molar refractivity (Wildman–Crippen MR) is 65.3 cm³/mol. The molecule has 0 bridgehead atoms. The van der Waals surface area contributed by atoms with Crippen LogP contribution in [0.15, 0.2) is 0 Å². The van der Waals surface area contributed by atoms with Crippen LogP contribution in [0.4, 0.5) is 0 Å². The molecule has 0 rings (SSSR count). The summed E-state index contributed by atoms with van der Waals surface area (Å²) in [5, 5.41) is 0. The lowest BCUT2D eigenvalue weighted by atomic mass is 9.69. The van der Waals surface area contributed by atoms with Gasteiger partial charge in [-0.1, -0.05) is 53.9 Å². The minimum atomic E-state index is 0.415. The van der Waals surface area contributed by atoms with Gasteiger partial charge in [0.15, 0.2) is 0 Å². The fourth-order valence-electron chi connectivity index (χ4n) is 2.81. The Balaban J connectivity index is 4.36. The van der Waals surface area contributed by atoms with E-state index in [4.69, 9.17) is 5.73 Å². The normalized spacial score (nSPS) is 16.7. The van der Waals surface area contributed by atoms with Gasteiger partial charge in [0, 0.05) is 0 Å². The van der Waals surface area contributed by atoms with Gasteiger partial charge >= 0.3 is 0 Å². The second-order valence-corrected chi connectivity index (χ2v) is 5.35. The van der Waals surface area contributed by atoms with E-state index in [1.165, 1.54) is 25.7 Å². The average Bonchev–Trinajstić information content (AvgIpc) is 2.04. The van der Waals surface area contributed by atoms with Gasteiger partial charge in [0.05, 0.1) is 0 Å². The highest BCUT2D eigenvalue weighted by Crippen LogP contribution is 2.37. The molecule has 0 radical (unpaired) electrons. The molecule has 86 valence electrons. The summed E-state index contributed by atoms with van der Waals surface area (Å²) in [5.74, 6) is 1.45. The highest BCUT2D eigenvalue weighted by molar-refractivity contribution is 4.82. The van der Waals surface area contributed by atoms with Crippen LogP contribution in [-0.4, -0.2) is 6.54 Å². The smallest absolute Gasteiger partial charge is 0.00412 e. The number of hydrogen-bond donors (Lipinski definition) is 1. The van der Waals surface area contributed by atoms with Gasteiger partial charge in [0.25, 0.3) is 0 Å². The number of nitrogens with two attached hydrogens (primary N) is 1. The van der Waals surface area contributed by atoms with Crippen LogP contribution >= 0.6 is 0 Å². The van der Waals surface area contributed by atoms with Crippen molar-refractivity contribution in [3.05, 3.63) is 0 Å². The quantitative estimate of drug-likeness (QED) is 0.662. The lowest BCUT2D eigenvalue weighted by Crippen LogP contribution is -2.35. The summed E-state index contributed by atoms with van der Waals surface area (Å²) in [7, 11) is 0. The Morgan fingerprint density at radius 2 is 1.71 bits per heavy atom. The first kappa shape index (κ1) is 14.0. The van der Waals surface area contributed by atoms with E-state index >= 15 is 0 Å². The zero-order valence-corrected chi connectivity index (χ0v) is 10.8. The van der Waals surface area contributed by atoms with E-state index in [1.807, 2.05) is 0 Å². The molecule has 1 heteroatoms. The molecule has 0 aliphatic rings. The summed E-state index contributed by atoms with van der Waals surface area (Å²) >= 11 is 0. The topological polar surface area (TPSA) is 26.0 Å². The van der Waals surface area contributed by atoms with E-state index < -0.39 is 0 Å². The van der Waals surface area contributed by atoms with Crippen LogP contribution in [0.1, 0.15) is 60.3 Å². The van der Waals surface area contributed by atoms with Crippen molar-refractivity contribution in [1.29, 1.82) is 0 Å². The number of hydrogen-bond acceptors (Lipinski definition) is 1. The van der Waals surface area contributed by atoms with Gasteiger partial charge in [-0.15, -0.1) is 0 Å². The van der Waals surface area contributed by atoms with Crippen molar-refractivity contribution < 1.29 is 0 Å². The van der Waals surface area contributed by atoms with Gasteiger partial charge in [-0.2, -0.15) is 0 Å². The average molecular weight is 199 g/mol. The van der Waals surface area contributed by atoms with Gasteiger partial charge in [0.1, 0.15) is 0 Å². The Kier molecular flexibility index (Phi) is 6.43. The minimum Gasteiger partial charge on any atom is -0.330 e. The van der Waals surface area contributed by atoms with E-state index in [1.54, 1.807) is 0 Å². The van der Waals surface area contributed by atoms with Crippen molar-refractivity contribution in [2.45, 2.75) is 60.3 Å². The second kappa shape index (κ2) is 6.44. The molecular formula is C13H29N. The molecule has 0 heterocycles. The van der Waals surface area contributed by atoms with E-state index in [2.05, 4.69) is 34.6 Å². The molecule has 0 amide bonds. The van der Waals surface area contributed by atoms with Crippen molar-refractivity contribution in [3.8, 4) is 0 Å². The molecule has 14 heavy (non-hydrogen) atoms. The molecular weight excluding hydrogens is 170 g/mol. The van der Waals surface area contributed by atoms with Crippen molar-refractivity contribution in [2.75, 3.05) is 6.54 Å². The Labute approximate surface area is 90.5 Å². The van der Waals surface area contributed by atoms with E-state index in [0.29, 0.717) is 11.3 Å². The van der Waals surface area contributed by atoms with Gasteiger partial charge in [-0.3, -0.25) is 0 Å². The summed E-state index contributed by atoms with van der Waals surface area (Å²) < 4.78 is 0. The van der Waals surface area contributed by atoms with Crippen LogP contribution in [0.5, 0.6) is 0 Å². The first-order valence-electron chi connectivity index (χ1n) is 6.19. The Hall–Kier alpha value is -0.0400. The van der Waals surface area contributed by atoms with Crippen LogP contribution in [0.3, 0.4) is 0 Å². The third-order valence-electron chi connectivity index (χ3n) is 3.58. The Bertz CT molecular complexity index is 140. The molecule has 0 aromatic heterocycles. The van der Waals surface area contributed by atoms with E-state index in [0.717, 1.165) is 12.5 Å². The minimum absolute atomic E-state index is 0.415. The van der Waals surface area contributed by atoms with Crippen LogP contribution in [0.2, 0.25) is 0 Å². The maximum atomic E-state index is 5.92. The van der Waals surface area contributed by atoms with Crippen molar-refractivity contribution in [1.82, 2.24) is 0 Å². The van der Waals surface area contributed by atoms with Gasteiger partial charge < -0.3 is 5.73 Å². The van der Waals surface area contributed by atoms with Crippen molar-refractivity contribution in [2.24, 2.45) is 23.0 Å². The molecule has 0 spiro atoms. The highest BCUT2D eigenvalue weighted by Gasteiger charge is 2.31. The van der Waals surface area contributed by atoms with E-state index in [-0.39, 0.29) is 0 Å². The zero-order chi connectivity index (χ0) is 11.2. The molecule has 0 aromatic rings. The predicted octanol–water partition coefficient (Wildman–Crippen LogP) is 3.82. The summed E-state index contributed by atoms with van der Waals surface area (Å²) in [4.78, 5) is 0. The molecule has 2 atom stereocenters. The van der Waals surface area contributed by atoms with Crippen LogP contribution in [0.25, 0.3) is 0 Å². The summed E-state index contributed by atoms with van der Waals surface area (Å²) in [5.41, 5.74) is 6.34. The summed E-state index contributed by atoms with van der Waals surface area (Å²) in [6, 6.07) is 0. The molecule has 2 unspecified atom stereocenters. The van der Waals surface area contributed by atoms with Gasteiger partial charge in [-0.25, -0.2) is 0 Å². The molecule has 0 saturated carbocycles. The summed E-state index contributed by atoms with van der Waals surface area (Å²) in [6.07, 6.45) is 5.15. The lowest BCUT2D eigenvalue weighted by molar-refractivity contribution is 0.134. The largest absolute Gasteiger partial charge is 0.330 e. The van der Waals surface area contributed by atoms with Crippen molar-refractivity contribution >= 4 is 0 Å². The SMILES string of the molecule is CCCC(C)C(CN)C(C)(C)CCC. The standard InChI is InChI=1S/C13H29N/c1-6-8-11(3)12(10-14)13(4,5)9-7-2/h11-12H,6-10,14H2,1-5H3. The van der Waals surface area contributed by atoms with Crippen molar-refractivity contribution in [3.63, 3.8) is 0 Å². The van der Waals surface area contributed by atoms with Gasteiger partial charge in [0.2, 0.25) is 0 Å².